The van der Waals surface area contributed by atoms with Gasteiger partial charge in [-0.15, -0.1) is 0 Å². The monoisotopic (exact) mass is 535 g/mol. The summed E-state index contributed by atoms with van der Waals surface area (Å²) >= 11 is 12.4. The van der Waals surface area contributed by atoms with Gasteiger partial charge < -0.3 is 20.6 Å². The van der Waals surface area contributed by atoms with Crippen molar-refractivity contribution in [1.82, 2.24) is 10.2 Å². The number of fused-ring (bicyclic) bond motifs is 2. The van der Waals surface area contributed by atoms with Crippen LogP contribution in [-0.4, -0.2) is 41.6 Å². The largest absolute Gasteiger partial charge is 0.396 e. The molecule has 3 amide bonds. The quantitative estimate of drug-likeness (QED) is 0.402. The summed E-state index contributed by atoms with van der Waals surface area (Å²) in [7, 11) is 0. The lowest BCUT2D eigenvalue weighted by Gasteiger charge is -2.38. The molecule has 2 aromatic carbocycles. The molecule has 3 atom stereocenters. The van der Waals surface area contributed by atoms with Crippen molar-refractivity contribution in [2.24, 2.45) is 11.3 Å². The van der Waals surface area contributed by atoms with Gasteiger partial charge in [-0.3, -0.25) is 4.79 Å². The number of carbonyl (C=O) groups is 2. The fourth-order valence-electron chi connectivity index (χ4n) is 5.80. The Kier molecular flexibility index (Phi) is 7.56. The minimum Gasteiger partial charge on any atom is -0.396 e. The molecule has 0 saturated carbocycles. The maximum absolute atomic E-state index is 15.6. The van der Waals surface area contributed by atoms with E-state index >= 15 is 4.39 Å². The molecule has 6 nitrogen and oxygen atoms in total. The predicted molar refractivity (Wildman–Crippen MR) is 140 cm³/mol. The fraction of sp³-hybridized carbons (Fsp3) is 0.481. The summed E-state index contributed by atoms with van der Waals surface area (Å²) in [6.45, 7) is 6.91. The maximum atomic E-state index is 15.6. The average molecular weight is 536 g/mol. The number of hydrogen-bond acceptors (Lipinski definition) is 3. The minimum absolute atomic E-state index is 0.0339. The summed E-state index contributed by atoms with van der Waals surface area (Å²) in [5.74, 6) is -1.23. The summed E-state index contributed by atoms with van der Waals surface area (Å²) < 4.78 is 15.6. The number of carbonyl (C=O) groups excluding carboxylic acids is 2. The first-order valence-electron chi connectivity index (χ1n) is 12.2. The van der Waals surface area contributed by atoms with E-state index in [1.807, 2.05) is 6.07 Å². The second-order valence-electron chi connectivity index (χ2n) is 10.8. The predicted octanol–water partition coefficient (Wildman–Crippen LogP) is 5.91. The number of nitrogens with zero attached hydrogens (tertiary/aromatic N) is 1. The van der Waals surface area contributed by atoms with Crippen molar-refractivity contribution in [3.63, 3.8) is 0 Å². The molecule has 9 heteroatoms. The van der Waals surface area contributed by atoms with Crippen molar-refractivity contribution >= 4 is 40.8 Å². The Morgan fingerprint density at radius 1 is 1.25 bits per heavy atom. The third-order valence-electron chi connectivity index (χ3n) is 7.11. The van der Waals surface area contributed by atoms with Gasteiger partial charge in [0.2, 0.25) is 5.91 Å². The van der Waals surface area contributed by atoms with E-state index in [0.29, 0.717) is 42.1 Å². The van der Waals surface area contributed by atoms with E-state index in [9.17, 15) is 9.59 Å². The smallest absolute Gasteiger partial charge is 0.317 e. The molecule has 1 spiro atoms. The molecule has 2 unspecified atom stereocenters. The molecule has 2 heterocycles. The van der Waals surface area contributed by atoms with Crippen LogP contribution in [0.15, 0.2) is 36.4 Å². The highest BCUT2D eigenvalue weighted by Crippen LogP contribution is 2.60. The van der Waals surface area contributed by atoms with Crippen molar-refractivity contribution in [1.29, 1.82) is 0 Å². The van der Waals surface area contributed by atoms with Crippen molar-refractivity contribution in [2.45, 2.75) is 51.5 Å². The molecule has 3 N–H and O–H groups in total. The third-order valence-corrected chi connectivity index (χ3v) is 7.64. The zero-order valence-electron chi connectivity index (χ0n) is 20.7. The molecule has 2 aliphatic rings. The van der Waals surface area contributed by atoms with E-state index in [1.165, 1.54) is 6.07 Å². The number of rotatable bonds is 6. The van der Waals surface area contributed by atoms with Gasteiger partial charge in [-0.25, -0.2) is 9.18 Å². The number of hydrogen-bond donors (Lipinski definition) is 3. The minimum atomic E-state index is -1.23. The summed E-state index contributed by atoms with van der Waals surface area (Å²) in [5.41, 5.74) is 0.0665. The Morgan fingerprint density at radius 3 is 2.69 bits per heavy atom. The molecule has 4 rings (SSSR count). The highest BCUT2D eigenvalue weighted by atomic mass is 35.5. The number of halogens is 3. The lowest BCUT2D eigenvalue weighted by atomic mass is 9.63. The van der Waals surface area contributed by atoms with Crippen LogP contribution in [0.5, 0.6) is 0 Å². The van der Waals surface area contributed by atoms with Gasteiger partial charge in [0.05, 0.1) is 11.1 Å². The first-order valence-corrected chi connectivity index (χ1v) is 13.0. The van der Waals surface area contributed by atoms with E-state index in [0.717, 1.165) is 0 Å². The molecule has 1 fully saturated rings. The van der Waals surface area contributed by atoms with Crippen molar-refractivity contribution in [3.05, 3.63) is 63.4 Å². The molecule has 0 aliphatic carbocycles. The van der Waals surface area contributed by atoms with Crippen LogP contribution in [0.25, 0.3) is 0 Å². The Balaban J connectivity index is 1.91. The first-order chi connectivity index (χ1) is 17.0. The maximum Gasteiger partial charge on any atom is 0.317 e. The van der Waals surface area contributed by atoms with Crippen LogP contribution < -0.4 is 10.6 Å². The van der Waals surface area contributed by atoms with Crippen LogP contribution in [-0.2, 0) is 10.2 Å². The van der Waals surface area contributed by atoms with Crippen molar-refractivity contribution in [3.8, 4) is 0 Å². The first kappa shape index (κ1) is 26.7. The van der Waals surface area contributed by atoms with Crippen LogP contribution in [0.2, 0.25) is 10.0 Å². The molecule has 0 radical (unpaired) electrons. The molecule has 0 bridgehead atoms. The number of nitrogens with one attached hydrogen (secondary N) is 2. The average Bonchev–Trinajstić information content (AvgIpc) is 3.27. The second kappa shape index (κ2) is 10.2. The Bertz CT molecular complexity index is 1170. The van der Waals surface area contributed by atoms with Gasteiger partial charge in [-0.1, -0.05) is 62.2 Å². The standard InChI is InChI=1S/C27H32Cl2FN3O3/c1-26(2,3)14-16-15-33(25(36)31-11-4-5-12-34)23(18-7-6-8-20(29)22(18)30)27(16)19-10-9-17(28)13-21(19)32-24(27)35/h6-10,13,16,23,34H,4-5,11-12,14-15H2,1-3H3,(H,31,36)(H,32,35)/t16?,23?,27-/m0/s1. The van der Waals surface area contributed by atoms with Crippen LogP contribution in [0.3, 0.4) is 0 Å². The van der Waals surface area contributed by atoms with Gasteiger partial charge in [0.1, 0.15) is 11.2 Å². The van der Waals surface area contributed by atoms with E-state index in [4.69, 9.17) is 28.3 Å². The van der Waals surface area contributed by atoms with Crippen molar-refractivity contribution in [2.75, 3.05) is 25.0 Å². The van der Waals surface area contributed by atoms with Crippen LogP contribution >= 0.6 is 23.2 Å². The summed E-state index contributed by atoms with van der Waals surface area (Å²) in [5, 5.41) is 15.4. The Labute approximate surface area is 221 Å². The Hall–Kier alpha value is -2.35. The molecule has 2 aliphatic heterocycles. The summed E-state index contributed by atoms with van der Waals surface area (Å²) in [6, 6.07) is 8.60. The lowest BCUT2D eigenvalue weighted by Crippen LogP contribution is -2.48. The lowest BCUT2D eigenvalue weighted by molar-refractivity contribution is -0.123. The van der Waals surface area contributed by atoms with Gasteiger partial charge in [-0.2, -0.15) is 0 Å². The summed E-state index contributed by atoms with van der Waals surface area (Å²) in [4.78, 5) is 29.1. The summed E-state index contributed by atoms with van der Waals surface area (Å²) in [6.07, 6.45) is 1.78. The number of aliphatic hydroxyl groups excluding tert-OH is 1. The number of unbranched alkanes of at least 4 members (excludes halogenated alkanes) is 1. The number of amides is 3. The zero-order chi connectivity index (χ0) is 26.3. The van der Waals surface area contributed by atoms with Gasteiger partial charge in [-0.05, 0) is 54.4 Å². The normalized spacial score (nSPS) is 23.2. The highest BCUT2D eigenvalue weighted by molar-refractivity contribution is 6.31. The van der Waals surface area contributed by atoms with Gasteiger partial charge in [0.15, 0.2) is 0 Å². The fourth-order valence-corrected chi connectivity index (χ4v) is 6.16. The number of urea groups is 1. The molecular weight excluding hydrogens is 504 g/mol. The topological polar surface area (TPSA) is 81.7 Å². The molecule has 194 valence electrons. The number of anilines is 1. The zero-order valence-corrected chi connectivity index (χ0v) is 22.2. The highest BCUT2D eigenvalue weighted by Gasteiger charge is 2.65. The molecule has 36 heavy (non-hydrogen) atoms. The van der Waals surface area contributed by atoms with Gasteiger partial charge >= 0.3 is 6.03 Å². The van der Waals surface area contributed by atoms with E-state index in [-0.39, 0.29) is 47.0 Å². The van der Waals surface area contributed by atoms with E-state index in [1.54, 1.807) is 29.2 Å². The molecule has 2 aromatic rings. The van der Waals surface area contributed by atoms with Gasteiger partial charge in [0.25, 0.3) is 0 Å². The third kappa shape index (κ3) is 4.69. The second-order valence-corrected chi connectivity index (χ2v) is 11.7. The van der Waals surface area contributed by atoms with Gasteiger partial charge in [0, 0.05) is 36.0 Å². The van der Waals surface area contributed by atoms with Crippen LogP contribution in [0, 0.1) is 17.2 Å². The van der Waals surface area contributed by atoms with E-state index in [2.05, 4.69) is 31.4 Å². The van der Waals surface area contributed by atoms with E-state index < -0.39 is 17.3 Å². The molecule has 1 saturated heterocycles. The molecule has 0 aromatic heterocycles. The Morgan fingerprint density at radius 2 is 2.00 bits per heavy atom. The number of aliphatic hydroxyl groups is 1. The SMILES string of the molecule is CC(C)(C)CC1CN(C(=O)NCCCCO)C(c2cccc(Cl)c2F)[C@]12C(=O)Nc1cc(Cl)ccc12. The number of benzene rings is 2. The van der Waals surface area contributed by atoms with Crippen LogP contribution in [0.1, 0.15) is 57.2 Å². The number of likely N-dealkylation sites (tertiary alicyclic amines) is 1. The van der Waals surface area contributed by atoms with Crippen molar-refractivity contribution < 1.29 is 19.1 Å². The molecular formula is C27H32Cl2FN3O3. The van der Waals surface area contributed by atoms with Crippen LogP contribution in [0.4, 0.5) is 14.9 Å².